The zero-order chi connectivity index (χ0) is 10.8. The van der Waals surface area contributed by atoms with E-state index in [2.05, 4.69) is 9.50 Å². The van der Waals surface area contributed by atoms with E-state index >= 15 is 0 Å². The summed E-state index contributed by atoms with van der Waals surface area (Å²) in [5.41, 5.74) is 0.866. The Hall–Kier alpha value is -0.810. The molecule has 0 aromatic carbocycles. The Kier molecular flexibility index (Phi) is 3.34. The van der Waals surface area contributed by atoms with E-state index in [-0.39, 0.29) is 4.75 Å². The minimum absolute atomic E-state index is 0.307. The second-order valence-corrected chi connectivity index (χ2v) is 5.98. The van der Waals surface area contributed by atoms with Gasteiger partial charge in [-0.3, -0.25) is 4.68 Å². The lowest BCUT2D eigenvalue weighted by atomic mass is 10.3. The predicted octanol–water partition coefficient (Wildman–Crippen LogP) is 1.30. The fourth-order valence-corrected chi connectivity index (χ4v) is 1.31. The zero-order valence-corrected chi connectivity index (χ0v) is 9.71. The fourth-order valence-electron chi connectivity index (χ4n) is 0.774. The second kappa shape index (κ2) is 4.14. The number of hydrogen-bond acceptors (Lipinski definition) is 3. The molecule has 0 saturated carbocycles. The van der Waals surface area contributed by atoms with Crippen molar-refractivity contribution in [2.24, 2.45) is 11.4 Å². The molecule has 14 heavy (non-hydrogen) atoms. The van der Waals surface area contributed by atoms with Crippen LogP contribution in [0.4, 0.5) is 0 Å². The lowest BCUT2D eigenvalue weighted by Crippen LogP contribution is -2.25. The van der Waals surface area contributed by atoms with E-state index in [4.69, 9.17) is 0 Å². The van der Waals surface area contributed by atoms with E-state index in [1.807, 2.05) is 34.0 Å². The van der Waals surface area contributed by atoms with Crippen LogP contribution < -0.4 is 0 Å². The van der Waals surface area contributed by atoms with Crippen molar-refractivity contribution in [3.8, 4) is 0 Å². The molecule has 1 aromatic rings. The topological polar surface area (TPSA) is 53.2 Å². The van der Waals surface area contributed by atoms with Crippen molar-refractivity contribution in [2.45, 2.75) is 25.5 Å². The largest absolute Gasteiger partial charge is 0.591 e. The molecule has 4 nitrogen and oxygen atoms in total. The van der Waals surface area contributed by atoms with Gasteiger partial charge in [0, 0.05) is 18.8 Å². The van der Waals surface area contributed by atoms with Crippen molar-refractivity contribution < 1.29 is 4.55 Å². The Balaban J connectivity index is 2.65. The van der Waals surface area contributed by atoms with Gasteiger partial charge >= 0.3 is 0 Å². The predicted molar refractivity (Wildman–Crippen MR) is 58.7 cm³/mol. The highest BCUT2D eigenvalue weighted by atomic mass is 32.2. The van der Waals surface area contributed by atoms with Gasteiger partial charge in [-0.2, -0.15) is 5.10 Å². The maximum Gasteiger partial charge on any atom is 0.144 e. The van der Waals surface area contributed by atoms with Crippen LogP contribution in [0.2, 0.25) is 0 Å². The fraction of sp³-hybridized carbons (Fsp3) is 0.556. The summed E-state index contributed by atoms with van der Waals surface area (Å²) < 4.78 is 16.9. The minimum Gasteiger partial charge on any atom is -0.591 e. The van der Waals surface area contributed by atoms with Gasteiger partial charge in [-0.1, -0.05) is 4.40 Å². The first kappa shape index (κ1) is 11.3. The van der Waals surface area contributed by atoms with E-state index in [1.54, 1.807) is 17.1 Å². The van der Waals surface area contributed by atoms with Crippen molar-refractivity contribution in [1.29, 1.82) is 0 Å². The summed E-state index contributed by atoms with van der Waals surface area (Å²) in [4.78, 5) is 0. The van der Waals surface area contributed by atoms with Crippen LogP contribution in [0.3, 0.4) is 0 Å². The number of nitrogens with zero attached hydrogens (tertiary/aromatic N) is 3. The molecular formula is C9H15N3OS. The Bertz CT molecular complexity index is 327. The van der Waals surface area contributed by atoms with E-state index in [9.17, 15) is 4.55 Å². The van der Waals surface area contributed by atoms with E-state index in [0.29, 0.717) is 0 Å². The molecule has 0 aliphatic heterocycles. The highest BCUT2D eigenvalue weighted by molar-refractivity contribution is 7.91. The van der Waals surface area contributed by atoms with Gasteiger partial charge in [-0.25, -0.2) is 0 Å². The third-order valence-electron chi connectivity index (χ3n) is 1.55. The number of hydrogen-bond donors (Lipinski definition) is 0. The molecule has 0 aliphatic rings. The van der Waals surface area contributed by atoms with Gasteiger partial charge in [-0.15, -0.1) is 0 Å². The molecule has 0 unspecified atom stereocenters. The summed E-state index contributed by atoms with van der Waals surface area (Å²) >= 11 is -1.20. The van der Waals surface area contributed by atoms with Gasteiger partial charge in [0.2, 0.25) is 0 Å². The minimum atomic E-state index is -1.20. The first-order valence-electron chi connectivity index (χ1n) is 4.34. The van der Waals surface area contributed by atoms with Crippen LogP contribution in [0.1, 0.15) is 26.3 Å². The van der Waals surface area contributed by atoms with Crippen LogP contribution in [0, 0.1) is 0 Å². The molecule has 0 amide bonds. The standard InChI is InChI=1S/C9H15N3OS/c1-9(2,3)14(13)11-6-8-5-10-12(4)7-8/h5-7H,1-4H3/b11-6+/t14-/m0/s1. The van der Waals surface area contributed by atoms with Crippen LogP contribution in [0.25, 0.3) is 0 Å². The van der Waals surface area contributed by atoms with Gasteiger partial charge in [0.25, 0.3) is 0 Å². The molecule has 1 rings (SSSR count). The normalized spacial score (nSPS) is 14.9. The SMILES string of the molecule is Cn1cc(/C=N/[S@@+]([O-])C(C)(C)C)cn1. The summed E-state index contributed by atoms with van der Waals surface area (Å²) in [6.45, 7) is 5.68. The Labute approximate surface area is 87.4 Å². The molecule has 78 valence electrons. The lowest BCUT2D eigenvalue weighted by Gasteiger charge is -2.17. The Morgan fingerprint density at radius 1 is 1.57 bits per heavy atom. The molecule has 0 radical (unpaired) electrons. The molecule has 0 fully saturated rings. The van der Waals surface area contributed by atoms with E-state index in [0.717, 1.165) is 5.56 Å². The first-order valence-corrected chi connectivity index (χ1v) is 5.45. The number of aromatic nitrogens is 2. The van der Waals surface area contributed by atoms with Gasteiger partial charge in [0.1, 0.15) is 16.1 Å². The molecule has 5 heteroatoms. The Morgan fingerprint density at radius 3 is 2.64 bits per heavy atom. The quantitative estimate of drug-likeness (QED) is 0.549. The lowest BCUT2D eigenvalue weighted by molar-refractivity contribution is 0.562. The molecule has 0 bridgehead atoms. The maximum absolute atomic E-state index is 11.5. The molecule has 0 saturated heterocycles. The highest BCUT2D eigenvalue weighted by Crippen LogP contribution is 2.16. The summed E-state index contributed by atoms with van der Waals surface area (Å²) in [5.74, 6) is 0. The average molecular weight is 213 g/mol. The van der Waals surface area contributed by atoms with Gasteiger partial charge in [0.15, 0.2) is 0 Å². The second-order valence-electron chi connectivity index (χ2n) is 4.04. The van der Waals surface area contributed by atoms with Crippen LogP contribution in [-0.2, 0) is 18.4 Å². The molecule has 0 spiro atoms. The van der Waals surface area contributed by atoms with Gasteiger partial charge in [0.05, 0.1) is 12.4 Å². The molecule has 0 N–H and O–H groups in total. The van der Waals surface area contributed by atoms with Crippen LogP contribution in [-0.4, -0.2) is 25.3 Å². The molecular weight excluding hydrogens is 198 g/mol. The molecule has 1 aromatic heterocycles. The summed E-state index contributed by atoms with van der Waals surface area (Å²) in [7, 11) is 1.83. The monoisotopic (exact) mass is 213 g/mol. The Morgan fingerprint density at radius 2 is 2.21 bits per heavy atom. The molecule has 1 heterocycles. The average Bonchev–Trinajstić information content (AvgIpc) is 2.45. The highest BCUT2D eigenvalue weighted by Gasteiger charge is 2.25. The summed E-state index contributed by atoms with van der Waals surface area (Å²) in [6, 6.07) is 0. The first-order chi connectivity index (χ1) is 6.39. The van der Waals surface area contributed by atoms with Crippen molar-refractivity contribution in [3.05, 3.63) is 18.0 Å². The third kappa shape index (κ3) is 3.16. The van der Waals surface area contributed by atoms with Crippen molar-refractivity contribution >= 4 is 17.6 Å². The van der Waals surface area contributed by atoms with Crippen LogP contribution in [0.5, 0.6) is 0 Å². The van der Waals surface area contributed by atoms with E-state index < -0.39 is 11.4 Å². The van der Waals surface area contributed by atoms with Gasteiger partial charge in [-0.05, 0) is 20.8 Å². The molecule has 0 aliphatic carbocycles. The van der Waals surface area contributed by atoms with Crippen molar-refractivity contribution in [3.63, 3.8) is 0 Å². The van der Waals surface area contributed by atoms with Crippen molar-refractivity contribution in [2.75, 3.05) is 0 Å². The number of aryl methyl sites for hydroxylation is 1. The third-order valence-corrected chi connectivity index (χ3v) is 2.89. The van der Waals surface area contributed by atoms with Crippen LogP contribution in [0.15, 0.2) is 16.8 Å². The summed E-state index contributed by atoms with van der Waals surface area (Å²) in [5, 5.41) is 3.98. The maximum atomic E-state index is 11.5. The zero-order valence-electron chi connectivity index (χ0n) is 8.89. The smallest absolute Gasteiger partial charge is 0.144 e. The molecule has 1 atom stereocenters. The number of rotatable bonds is 2. The summed E-state index contributed by atoms with van der Waals surface area (Å²) in [6.07, 6.45) is 5.10. The van der Waals surface area contributed by atoms with E-state index in [1.165, 1.54) is 0 Å². The van der Waals surface area contributed by atoms with Crippen LogP contribution >= 0.6 is 0 Å². The van der Waals surface area contributed by atoms with Gasteiger partial charge < -0.3 is 4.55 Å². The van der Waals surface area contributed by atoms with Crippen molar-refractivity contribution in [1.82, 2.24) is 9.78 Å².